The Hall–Kier alpha value is -1.49. The molecule has 0 saturated carbocycles. The highest BCUT2D eigenvalue weighted by Crippen LogP contribution is 2.15. The van der Waals surface area contributed by atoms with Gasteiger partial charge in [0.15, 0.2) is 0 Å². The molecule has 1 rings (SSSR count). The van der Waals surface area contributed by atoms with Crippen molar-refractivity contribution in [3.63, 3.8) is 0 Å². The van der Waals surface area contributed by atoms with Crippen molar-refractivity contribution in [2.24, 2.45) is 5.73 Å². The summed E-state index contributed by atoms with van der Waals surface area (Å²) in [5.41, 5.74) is 4.90. The van der Waals surface area contributed by atoms with Gasteiger partial charge < -0.3 is 10.8 Å². The number of rotatable bonds is 2. The van der Waals surface area contributed by atoms with E-state index in [-0.39, 0.29) is 5.56 Å². The Morgan fingerprint density at radius 2 is 2.08 bits per heavy atom. The minimum Gasteiger partial charge on any atom is -0.480 e. The van der Waals surface area contributed by atoms with Crippen LogP contribution in [0, 0.1) is 11.6 Å². The lowest BCUT2D eigenvalue weighted by Gasteiger charge is -2.07. The molecule has 5 heteroatoms. The van der Waals surface area contributed by atoms with E-state index in [2.05, 4.69) is 0 Å². The predicted octanol–water partition coefficient (Wildman–Crippen LogP) is 1.05. The Bertz CT molecular complexity index is 341. The van der Waals surface area contributed by atoms with Crippen LogP contribution >= 0.6 is 0 Å². The van der Waals surface area contributed by atoms with Crippen molar-refractivity contribution in [2.45, 2.75) is 6.04 Å². The van der Waals surface area contributed by atoms with Gasteiger partial charge in [-0.25, -0.2) is 8.78 Å². The van der Waals surface area contributed by atoms with Gasteiger partial charge in [-0.15, -0.1) is 0 Å². The van der Waals surface area contributed by atoms with E-state index in [0.717, 1.165) is 12.1 Å². The molecule has 1 atom stereocenters. The van der Waals surface area contributed by atoms with Crippen LogP contribution in [0.1, 0.15) is 11.6 Å². The number of hydrogen-bond acceptors (Lipinski definition) is 2. The lowest BCUT2D eigenvalue weighted by molar-refractivity contribution is -0.138. The van der Waals surface area contributed by atoms with Gasteiger partial charge in [0.1, 0.15) is 17.7 Å². The van der Waals surface area contributed by atoms with E-state index in [1.165, 1.54) is 0 Å². The first-order valence-electron chi connectivity index (χ1n) is 3.45. The van der Waals surface area contributed by atoms with Crippen molar-refractivity contribution in [1.82, 2.24) is 0 Å². The first-order chi connectivity index (χ1) is 6.02. The number of hydrogen-bond donors (Lipinski definition) is 2. The van der Waals surface area contributed by atoms with Crippen LogP contribution in [0.5, 0.6) is 0 Å². The highest BCUT2D eigenvalue weighted by Gasteiger charge is 2.18. The van der Waals surface area contributed by atoms with Gasteiger partial charge in [0.05, 0.1) is 0 Å². The van der Waals surface area contributed by atoms with Gasteiger partial charge in [0.2, 0.25) is 0 Å². The van der Waals surface area contributed by atoms with Gasteiger partial charge in [-0.3, -0.25) is 4.79 Å². The van der Waals surface area contributed by atoms with Crippen molar-refractivity contribution in [3.05, 3.63) is 35.4 Å². The standard InChI is InChI=1S/C8H7F2NO2/c9-4-1-2-5(6(10)3-4)7(11)8(12)13/h1-3,7H,11H2,(H,12,13). The summed E-state index contributed by atoms with van der Waals surface area (Å²) in [6.07, 6.45) is 0. The Kier molecular flexibility index (Phi) is 2.57. The maximum atomic E-state index is 12.9. The third-order valence-corrected chi connectivity index (χ3v) is 1.56. The SMILES string of the molecule is NC(C(=O)O)c1ccc(F)cc1F. The number of nitrogens with two attached hydrogens (primary N) is 1. The number of carboxylic acid groups (broad SMARTS) is 1. The van der Waals surface area contributed by atoms with Crippen molar-refractivity contribution in [3.8, 4) is 0 Å². The number of aliphatic carboxylic acids is 1. The smallest absolute Gasteiger partial charge is 0.325 e. The lowest BCUT2D eigenvalue weighted by Crippen LogP contribution is -2.21. The summed E-state index contributed by atoms with van der Waals surface area (Å²) in [5.74, 6) is -3.07. The molecule has 3 N–H and O–H groups in total. The second-order valence-corrected chi connectivity index (χ2v) is 2.48. The monoisotopic (exact) mass is 187 g/mol. The van der Waals surface area contributed by atoms with Crippen molar-refractivity contribution < 1.29 is 18.7 Å². The molecule has 0 aromatic heterocycles. The summed E-state index contributed by atoms with van der Waals surface area (Å²) >= 11 is 0. The summed E-state index contributed by atoms with van der Waals surface area (Å²) in [6.45, 7) is 0. The second-order valence-electron chi connectivity index (χ2n) is 2.48. The maximum Gasteiger partial charge on any atom is 0.325 e. The molecule has 13 heavy (non-hydrogen) atoms. The summed E-state index contributed by atoms with van der Waals surface area (Å²) in [7, 11) is 0. The Balaban J connectivity index is 3.08. The number of benzene rings is 1. The minimum atomic E-state index is -1.46. The minimum absolute atomic E-state index is 0.228. The topological polar surface area (TPSA) is 63.3 Å². The van der Waals surface area contributed by atoms with E-state index >= 15 is 0 Å². The largest absolute Gasteiger partial charge is 0.480 e. The molecule has 1 unspecified atom stereocenters. The molecule has 0 amide bonds. The van der Waals surface area contributed by atoms with Gasteiger partial charge in [0.25, 0.3) is 0 Å². The van der Waals surface area contributed by atoms with E-state index < -0.39 is 23.6 Å². The van der Waals surface area contributed by atoms with Gasteiger partial charge in [-0.05, 0) is 6.07 Å². The average molecular weight is 187 g/mol. The zero-order chi connectivity index (χ0) is 10.0. The van der Waals surface area contributed by atoms with Crippen LogP contribution in [0.4, 0.5) is 8.78 Å². The maximum absolute atomic E-state index is 12.9. The zero-order valence-corrected chi connectivity index (χ0v) is 6.50. The Morgan fingerprint density at radius 3 is 2.54 bits per heavy atom. The van der Waals surface area contributed by atoms with Crippen LogP contribution < -0.4 is 5.73 Å². The molecule has 3 nitrogen and oxygen atoms in total. The van der Waals surface area contributed by atoms with E-state index in [0.29, 0.717) is 6.07 Å². The Labute approximate surface area is 72.8 Å². The third-order valence-electron chi connectivity index (χ3n) is 1.56. The molecule has 0 aliphatic rings. The predicted molar refractivity (Wildman–Crippen MR) is 40.9 cm³/mol. The van der Waals surface area contributed by atoms with Gasteiger partial charge in [0, 0.05) is 11.6 Å². The highest BCUT2D eigenvalue weighted by molar-refractivity contribution is 5.75. The third kappa shape index (κ3) is 2.00. The van der Waals surface area contributed by atoms with Crippen LogP contribution in [-0.2, 0) is 4.79 Å². The quantitative estimate of drug-likeness (QED) is 0.727. The lowest BCUT2D eigenvalue weighted by atomic mass is 10.1. The van der Waals surface area contributed by atoms with Crippen molar-refractivity contribution in [2.75, 3.05) is 0 Å². The molecule has 0 radical (unpaired) electrons. The second kappa shape index (κ2) is 3.49. The molecule has 0 bridgehead atoms. The zero-order valence-electron chi connectivity index (χ0n) is 6.50. The summed E-state index contributed by atoms with van der Waals surface area (Å²) in [5, 5.41) is 8.44. The van der Waals surface area contributed by atoms with Crippen LogP contribution in [-0.4, -0.2) is 11.1 Å². The fraction of sp³-hybridized carbons (Fsp3) is 0.125. The molecule has 0 aliphatic heterocycles. The first kappa shape index (κ1) is 9.60. The van der Waals surface area contributed by atoms with Crippen LogP contribution in [0.3, 0.4) is 0 Å². The molecule has 0 aliphatic carbocycles. The first-order valence-corrected chi connectivity index (χ1v) is 3.45. The number of carbonyl (C=O) groups is 1. The van der Waals surface area contributed by atoms with E-state index in [4.69, 9.17) is 10.8 Å². The van der Waals surface area contributed by atoms with Gasteiger partial charge >= 0.3 is 5.97 Å². The number of carboxylic acids is 1. The molecule has 0 spiro atoms. The highest BCUT2D eigenvalue weighted by atomic mass is 19.1. The van der Waals surface area contributed by atoms with E-state index in [1.54, 1.807) is 0 Å². The van der Waals surface area contributed by atoms with Crippen LogP contribution in [0.2, 0.25) is 0 Å². The molecule has 1 aromatic rings. The average Bonchev–Trinajstić information content (AvgIpc) is 2.03. The van der Waals surface area contributed by atoms with Gasteiger partial charge in [-0.1, -0.05) is 6.07 Å². The summed E-state index contributed by atoms with van der Waals surface area (Å²) < 4.78 is 25.3. The fourth-order valence-electron chi connectivity index (χ4n) is 0.887. The molecule has 0 heterocycles. The normalized spacial score (nSPS) is 12.5. The van der Waals surface area contributed by atoms with Crippen LogP contribution in [0.25, 0.3) is 0 Å². The van der Waals surface area contributed by atoms with Crippen molar-refractivity contribution >= 4 is 5.97 Å². The van der Waals surface area contributed by atoms with Gasteiger partial charge in [-0.2, -0.15) is 0 Å². The molecule has 1 aromatic carbocycles. The number of halogens is 2. The Morgan fingerprint density at radius 1 is 1.46 bits per heavy atom. The molecule has 0 fully saturated rings. The molecule has 70 valence electrons. The van der Waals surface area contributed by atoms with E-state index in [9.17, 15) is 13.6 Å². The summed E-state index contributed by atoms with van der Waals surface area (Å²) in [4.78, 5) is 10.4. The summed E-state index contributed by atoms with van der Waals surface area (Å²) in [6, 6.07) is 1.11. The van der Waals surface area contributed by atoms with Crippen molar-refractivity contribution in [1.29, 1.82) is 0 Å². The molecular formula is C8H7F2NO2. The molecular weight excluding hydrogens is 180 g/mol. The van der Waals surface area contributed by atoms with Crippen LogP contribution in [0.15, 0.2) is 18.2 Å². The fourth-order valence-corrected chi connectivity index (χ4v) is 0.887. The van der Waals surface area contributed by atoms with E-state index in [1.807, 2.05) is 0 Å². The molecule has 0 saturated heterocycles.